The summed E-state index contributed by atoms with van der Waals surface area (Å²) in [4.78, 5) is 25.2. The third kappa shape index (κ3) is 5.53. The van der Waals surface area contributed by atoms with Crippen molar-refractivity contribution in [1.82, 2.24) is 10.2 Å². The standard InChI is InChI=1S/C15H23N3O3/c1-11-4-6-12(7-5-11)14(16)15(20)18(2)10-13(19)17-8-9-21-3/h4-7,14H,8-10,16H2,1-3H3,(H,17,19). The summed E-state index contributed by atoms with van der Waals surface area (Å²) < 4.78 is 4.84. The molecule has 0 bridgehead atoms. The molecule has 6 heteroatoms. The van der Waals surface area contributed by atoms with Crippen LogP contribution < -0.4 is 11.1 Å². The van der Waals surface area contributed by atoms with Crippen LogP contribution in [0.25, 0.3) is 0 Å². The molecule has 0 saturated carbocycles. The summed E-state index contributed by atoms with van der Waals surface area (Å²) in [6, 6.07) is 6.69. The van der Waals surface area contributed by atoms with Crippen LogP contribution in [0.1, 0.15) is 17.2 Å². The smallest absolute Gasteiger partial charge is 0.244 e. The first kappa shape index (κ1) is 17.1. The molecule has 0 fully saturated rings. The van der Waals surface area contributed by atoms with Gasteiger partial charge in [0.05, 0.1) is 13.2 Å². The molecule has 0 aliphatic heterocycles. The largest absolute Gasteiger partial charge is 0.383 e. The van der Waals surface area contributed by atoms with Crippen LogP contribution in [0.3, 0.4) is 0 Å². The summed E-state index contributed by atoms with van der Waals surface area (Å²) in [5, 5.41) is 2.66. The Labute approximate surface area is 125 Å². The number of hydrogen-bond acceptors (Lipinski definition) is 4. The number of methoxy groups -OCH3 is 1. The Balaban J connectivity index is 2.53. The average Bonchev–Trinajstić information content (AvgIpc) is 2.46. The molecule has 0 aromatic heterocycles. The maximum Gasteiger partial charge on any atom is 0.244 e. The first-order valence-corrected chi connectivity index (χ1v) is 6.78. The fraction of sp³-hybridized carbons (Fsp3) is 0.467. The maximum absolute atomic E-state index is 12.2. The van der Waals surface area contributed by atoms with E-state index in [9.17, 15) is 9.59 Å². The van der Waals surface area contributed by atoms with Gasteiger partial charge >= 0.3 is 0 Å². The molecule has 0 radical (unpaired) electrons. The van der Waals surface area contributed by atoms with Gasteiger partial charge in [0.25, 0.3) is 0 Å². The maximum atomic E-state index is 12.2. The first-order valence-electron chi connectivity index (χ1n) is 6.78. The number of benzene rings is 1. The van der Waals surface area contributed by atoms with Crippen LogP contribution in [0, 0.1) is 6.92 Å². The van der Waals surface area contributed by atoms with Crippen molar-refractivity contribution < 1.29 is 14.3 Å². The van der Waals surface area contributed by atoms with E-state index in [-0.39, 0.29) is 18.4 Å². The van der Waals surface area contributed by atoms with E-state index < -0.39 is 6.04 Å². The summed E-state index contributed by atoms with van der Waals surface area (Å²) >= 11 is 0. The van der Waals surface area contributed by atoms with E-state index in [0.29, 0.717) is 13.2 Å². The van der Waals surface area contributed by atoms with Crippen molar-refractivity contribution in [3.05, 3.63) is 35.4 Å². The number of amides is 2. The van der Waals surface area contributed by atoms with Gasteiger partial charge in [-0.2, -0.15) is 0 Å². The van der Waals surface area contributed by atoms with Gasteiger partial charge in [-0.15, -0.1) is 0 Å². The molecular weight excluding hydrogens is 270 g/mol. The van der Waals surface area contributed by atoms with Crippen molar-refractivity contribution in [1.29, 1.82) is 0 Å². The van der Waals surface area contributed by atoms with Gasteiger partial charge < -0.3 is 20.7 Å². The molecule has 0 aliphatic rings. The summed E-state index contributed by atoms with van der Waals surface area (Å²) in [6.45, 7) is 2.80. The number of hydrogen-bond donors (Lipinski definition) is 2. The van der Waals surface area contributed by atoms with E-state index in [4.69, 9.17) is 10.5 Å². The van der Waals surface area contributed by atoms with Crippen molar-refractivity contribution in [2.45, 2.75) is 13.0 Å². The summed E-state index contributed by atoms with van der Waals surface area (Å²) in [6.07, 6.45) is 0. The number of likely N-dealkylation sites (N-methyl/N-ethyl adjacent to an activating group) is 1. The number of nitrogens with one attached hydrogen (secondary N) is 1. The molecule has 1 atom stereocenters. The monoisotopic (exact) mass is 293 g/mol. The quantitative estimate of drug-likeness (QED) is 0.704. The molecule has 21 heavy (non-hydrogen) atoms. The highest BCUT2D eigenvalue weighted by molar-refractivity contribution is 5.87. The third-order valence-electron chi connectivity index (χ3n) is 3.09. The van der Waals surface area contributed by atoms with Crippen LogP contribution in [0.4, 0.5) is 0 Å². The number of aryl methyl sites for hydroxylation is 1. The van der Waals surface area contributed by atoms with Gasteiger partial charge in [-0.1, -0.05) is 29.8 Å². The lowest BCUT2D eigenvalue weighted by molar-refractivity contribution is -0.135. The molecule has 1 aromatic rings. The SMILES string of the molecule is COCCNC(=O)CN(C)C(=O)C(N)c1ccc(C)cc1. The summed E-state index contributed by atoms with van der Waals surface area (Å²) in [5.41, 5.74) is 7.78. The third-order valence-corrected chi connectivity index (χ3v) is 3.09. The molecule has 0 saturated heterocycles. The Hall–Kier alpha value is -1.92. The number of nitrogens with zero attached hydrogens (tertiary/aromatic N) is 1. The molecule has 6 nitrogen and oxygen atoms in total. The lowest BCUT2D eigenvalue weighted by atomic mass is 10.0. The van der Waals surface area contributed by atoms with Gasteiger partial charge in [0.1, 0.15) is 6.04 Å². The van der Waals surface area contributed by atoms with E-state index in [1.54, 1.807) is 14.2 Å². The molecule has 0 aliphatic carbocycles. The normalized spacial score (nSPS) is 11.8. The average molecular weight is 293 g/mol. The minimum absolute atomic E-state index is 0.0257. The van der Waals surface area contributed by atoms with Crippen molar-refractivity contribution in [3.8, 4) is 0 Å². The summed E-state index contributed by atoms with van der Waals surface area (Å²) in [7, 11) is 3.12. The first-order chi connectivity index (χ1) is 9.95. The second-order valence-corrected chi connectivity index (χ2v) is 4.93. The van der Waals surface area contributed by atoms with Crippen LogP contribution >= 0.6 is 0 Å². The molecule has 0 heterocycles. The Morgan fingerprint density at radius 1 is 1.33 bits per heavy atom. The number of rotatable bonds is 7. The Kier molecular flexibility index (Phi) is 6.84. The van der Waals surface area contributed by atoms with Gasteiger partial charge in [-0.3, -0.25) is 9.59 Å². The Morgan fingerprint density at radius 2 is 1.95 bits per heavy atom. The lowest BCUT2D eigenvalue weighted by Crippen LogP contribution is -2.42. The molecule has 116 valence electrons. The second kappa shape index (κ2) is 8.39. The highest BCUT2D eigenvalue weighted by atomic mass is 16.5. The Morgan fingerprint density at radius 3 is 2.52 bits per heavy atom. The second-order valence-electron chi connectivity index (χ2n) is 4.93. The molecular formula is C15H23N3O3. The summed E-state index contributed by atoms with van der Waals surface area (Å²) in [5.74, 6) is -0.528. The molecule has 1 rings (SSSR count). The predicted molar refractivity (Wildman–Crippen MR) is 80.6 cm³/mol. The van der Waals surface area contributed by atoms with Gasteiger partial charge in [-0.25, -0.2) is 0 Å². The predicted octanol–water partition coefficient (Wildman–Crippen LogP) is 0.216. The number of carbonyl (C=O) groups is 2. The van der Waals surface area contributed by atoms with E-state index in [1.807, 2.05) is 31.2 Å². The van der Waals surface area contributed by atoms with E-state index in [1.165, 1.54) is 4.90 Å². The van der Waals surface area contributed by atoms with Gasteiger partial charge in [0.15, 0.2) is 0 Å². The molecule has 2 amide bonds. The fourth-order valence-corrected chi connectivity index (χ4v) is 1.80. The molecule has 1 aromatic carbocycles. The van der Waals surface area contributed by atoms with Crippen LogP contribution in [-0.2, 0) is 14.3 Å². The zero-order valence-corrected chi connectivity index (χ0v) is 12.8. The Bertz CT molecular complexity index is 474. The molecule has 1 unspecified atom stereocenters. The number of carbonyl (C=O) groups excluding carboxylic acids is 2. The zero-order valence-electron chi connectivity index (χ0n) is 12.8. The van der Waals surface area contributed by atoms with Gasteiger partial charge in [0.2, 0.25) is 11.8 Å². The van der Waals surface area contributed by atoms with Crippen molar-refractivity contribution in [3.63, 3.8) is 0 Å². The van der Waals surface area contributed by atoms with Crippen LogP contribution in [-0.4, -0.2) is 50.6 Å². The van der Waals surface area contributed by atoms with E-state index in [2.05, 4.69) is 5.32 Å². The zero-order chi connectivity index (χ0) is 15.8. The highest BCUT2D eigenvalue weighted by Crippen LogP contribution is 2.13. The fourth-order valence-electron chi connectivity index (χ4n) is 1.80. The van der Waals surface area contributed by atoms with Crippen molar-refractivity contribution in [2.75, 3.05) is 33.9 Å². The lowest BCUT2D eigenvalue weighted by Gasteiger charge is -2.21. The number of nitrogens with two attached hydrogens (primary N) is 1. The van der Waals surface area contributed by atoms with Crippen LogP contribution in [0.5, 0.6) is 0 Å². The van der Waals surface area contributed by atoms with Gasteiger partial charge in [0, 0.05) is 20.7 Å². The van der Waals surface area contributed by atoms with Crippen molar-refractivity contribution >= 4 is 11.8 Å². The minimum atomic E-state index is -0.762. The van der Waals surface area contributed by atoms with E-state index >= 15 is 0 Å². The highest BCUT2D eigenvalue weighted by Gasteiger charge is 2.21. The van der Waals surface area contributed by atoms with Crippen LogP contribution in [0.2, 0.25) is 0 Å². The van der Waals surface area contributed by atoms with E-state index in [0.717, 1.165) is 11.1 Å². The topological polar surface area (TPSA) is 84.7 Å². The van der Waals surface area contributed by atoms with Crippen molar-refractivity contribution in [2.24, 2.45) is 5.73 Å². The van der Waals surface area contributed by atoms with Gasteiger partial charge in [-0.05, 0) is 12.5 Å². The number of ether oxygens (including phenoxy) is 1. The van der Waals surface area contributed by atoms with Crippen LogP contribution in [0.15, 0.2) is 24.3 Å². The minimum Gasteiger partial charge on any atom is -0.383 e. The molecule has 3 N–H and O–H groups in total. The molecule has 0 spiro atoms.